The van der Waals surface area contributed by atoms with Gasteiger partial charge < -0.3 is 10.6 Å². The predicted octanol–water partition coefficient (Wildman–Crippen LogP) is 5.06. The van der Waals surface area contributed by atoms with Crippen LogP contribution in [0.15, 0.2) is 58.7 Å². The molecule has 0 bridgehead atoms. The van der Waals surface area contributed by atoms with E-state index in [1.807, 2.05) is 24.3 Å². The van der Waals surface area contributed by atoms with Gasteiger partial charge in [-0.1, -0.05) is 40.2 Å². The molecule has 0 aromatic heterocycles. The molecule has 2 aromatic rings. The lowest BCUT2D eigenvalue weighted by Gasteiger charge is -2.17. The van der Waals surface area contributed by atoms with Gasteiger partial charge in [0.2, 0.25) is 6.41 Å². The van der Waals surface area contributed by atoms with Crippen LogP contribution in [0.4, 0.5) is 18.9 Å². The van der Waals surface area contributed by atoms with Crippen molar-refractivity contribution < 1.29 is 18.0 Å². The van der Waals surface area contributed by atoms with Crippen LogP contribution in [-0.4, -0.2) is 13.0 Å². The Morgan fingerprint density at radius 2 is 1.88 bits per heavy atom. The average Bonchev–Trinajstić information content (AvgIpc) is 2.56. The van der Waals surface area contributed by atoms with Crippen LogP contribution in [0.1, 0.15) is 18.1 Å². The fourth-order valence-electron chi connectivity index (χ4n) is 2.34. The zero-order valence-electron chi connectivity index (χ0n) is 13.3. The third-order valence-electron chi connectivity index (χ3n) is 3.54. The van der Waals surface area contributed by atoms with Crippen molar-refractivity contribution in [3.8, 4) is 0 Å². The van der Waals surface area contributed by atoms with Gasteiger partial charge in [0.25, 0.3) is 0 Å². The van der Waals surface area contributed by atoms with Crippen molar-refractivity contribution in [2.75, 3.05) is 11.9 Å². The monoisotopic (exact) mass is 412 g/mol. The van der Waals surface area contributed by atoms with Crippen molar-refractivity contribution in [3.63, 3.8) is 0 Å². The summed E-state index contributed by atoms with van der Waals surface area (Å²) in [5.41, 5.74) is 1.84. The number of hydrogen-bond acceptors (Lipinski definition) is 2. The fraction of sp³-hybridized carbons (Fsp3) is 0.167. The number of carbonyl (C=O) groups is 1. The Labute approximate surface area is 152 Å². The van der Waals surface area contributed by atoms with Gasteiger partial charge in [-0.2, -0.15) is 13.2 Å². The highest BCUT2D eigenvalue weighted by Crippen LogP contribution is 2.32. The minimum absolute atomic E-state index is 0.240. The number of nitrogens with one attached hydrogen (secondary N) is 2. The first-order valence-corrected chi connectivity index (χ1v) is 8.18. The predicted molar refractivity (Wildman–Crippen MR) is 95.9 cm³/mol. The number of amides is 1. The second kappa shape index (κ2) is 8.20. The fourth-order valence-corrected chi connectivity index (χ4v) is 2.87. The third kappa shape index (κ3) is 5.09. The summed E-state index contributed by atoms with van der Waals surface area (Å²) in [6, 6.07) is 12.4. The van der Waals surface area contributed by atoms with Gasteiger partial charge in [0.15, 0.2) is 0 Å². The maximum atomic E-state index is 12.9. The second-order valence-electron chi connectivity index (χ2n) is 5.29. The smallest absolute Gasteiger partial charge is 0.359 e. The van der Waals surface area contributed by atoms with E-state index in [0.29, 0.717) is 17.8 Å². The van der Waals surface area contributed by atoms with E-state index >= 15 is 0 Å². The molecule has 2 N–H and O–H groups in total. The number of alkyl halides is 3. The average molecular weight is 413 g/mol. The topological polar surface area (TPSA) is 41.1 Å². The van der Waals surface area contributed by atoms with Crippen LogP contribution in [0.5, 0.6) is 0 Å². The zero-order valence-corrected chi connectivity index (χ0v) is 14.9. The molecule has 132 valence electrons. The number of carbonyl (C=O) groups excluding carboxylic acids is 1. The summed E-state index contributed by atoms with van der Waals surface area (Å²) in [7, 11) is 0. The van der Waals surface area contributed by atoms with Crippen molar-refractivity contribution in [1.82, 2.24) is 5.32 Å². The van der Waals surface area contributed by atoms with Gasteiger partial charge in [0, 0.05) is 22.4 Å². The Morgan fingerprint density at radius 1 is 1.16 bits per heavy atom. The standard InChI is InChI=1S/C18H16BrF3N2O/c1-12(24-14-6-4-5-13(9-14)18(20,21)22)16(10-23-11-25)15-7-2-3-8-17(15)19/h2-9,11,24H,10H2,1H3,(H,23,25)/b16-12+. The lowest BCUT2D eigenvalue weighted by molar-refractivity contribution is -0.137. The van der Waals surface area contributed by atoms with Gasteiger partial charge in [-0.25, -0.2) is 0 Å². The molecule has 0 aliphatic rings. The van der Waals surface area contributed by atoms with Crippen LogP contribution in [0.3, 0.4) is 0 Å². The van der Waals surface area contributed by atoms with E-state index in [4.69, 9.17) is 0 Å². The number of benzene rings is 2. The molecule has 0 aliphatic carbocycles. The van der Waals surface area contributed by atoms with Gasteiger partial charge >= 0.3 is 6.18 Å². The van der Waals surface area contributed by atoms with E-state index < -0.39 is 11.7 Å². The molecule has 0 saturated heterocycles. The molecular weight excluding hydrogens is 397 g/mol. The molecule has 0 radical (unpaired) electrons. The van der Waals surface area contributed by atoms with Gasteiger partial charge in [-0.05, 0) is 42.3 Å². The summed E-state index contributed by atoms with van der Waals surface area (Å²) in [5, 5.41) is 5.59. The maximum absolute atomic E-state index is 12.9. The molecule has 25 heavy (non-hydrogen) atoms. The summed E-state index contributed by atoms with van der Waals surface area (Å²) in [6.07, 6.45) is -3.83. The first kappa shape index (κ1) is 19.1. The molecule has 2 aromatic carbocycles. The molecule has 0 fully saturated rings. The minimum atomic E-state index is -4.40. The first-order valence-electron chi connectivity index (χ1n) is 7.39. The normalized spacial score (nSPS) is 12.4. The van der Waals surface area contributed by atoms with E-state index in [-0.39, 0.29) is 6.54 Å². The molecule has 1 amide bonds. The molecule has 0 unspecified atom stereocenters. The lowest BCUT2D eigenvalue weighted by Crippen LogP contribution is -2.17. The second-order valence-corrected chi connectivity index (χ2v) is 6.14. The van der Waals surface area contributed by atoms with Gasteiger partial charge in [0.1, 0.15) is 0 Å². The molecule has 7 heteroatoms. The molecule has 0 saturated carbocycles. The number of halogens is 4. The van der Waals surface area contributed by atoms with Crippen LogP contribution < -0.4 is 10.6 Å². The van der Waals surface area contributed by atoms with Crippen LogP contribution in [0, 0.1) is 0 Å². The maximum Gasteiger partial charge on any atom is 0.416 e. The van der Waals surface area contributed by atoms with E-state index in [1.54, 1.807) is 13.0 Å². The Bertz CT molecular complexity index is 788. The summed E-state index contributed by atoms with van der Waals surface area (Å²) in [5.74, 6) is 0. The number of allylic oxidation sites excluding steroid dienone is 1. The van der Waals surface area contributed by atoms with Crippen LogP contribution in [-0.2, 0) is 11.0 Å². The molecule has 0 heterocycles. The van der Waals surface area contributed by atoms with Gasteiger partial charge in [0.05, 0.1) is 5.56 Å². The highest BCUT2D eigenvalue weighted by atomic mass is 79.9. The quantitative estimate of drug-likeness (QED) is 0.651. The Hall–Kier alpha value is -2.28. The van der Waals surface area contributed by atoms with Crippen LogP contribution >= 0.6 is 15.9 Å². The third-order valence-corrected chi connectivity index (χ3v) is 4.23. The van der Waals surface area contributed by atoms with Crippen molar-refractivity contribution in [2.24, 2.45) is 0 Å². The first-order chi connectivity index (χ1) is 11.8. The molecule has 0 aliphatic heterocycles. The largest absolute Gasteiger partial charge is 0.416 e. The van der Waals surface area contributed by atoms with Crippen molar-refractivity contribution in [2.45, 2.75) is 13.1 Å². The summed E-state index contributed by atoms with van der Waals surface area (Å²) < 4.78 is 39.4. The summed E-state index contributed by atoms with van der Waals surface area (Å²) in [4.78, 5) is 10.7. The highest BCUT2D eigenvalue weighted by molar-refractivity contribution is 9.10. The van der Waals surface area contributed by atoms with E-state index in [0.717, 1.165) is 27.7 Å². The van der Waals surface area contributed by atoms with Crippen molar-refractivity contribution in [3.05, 3.63) is 69.8 Å². The van der Waals surface area contributed by atoms with E-state index in [2.05, 4.69) is 26.6 Å². The van der Waals surface area contributed by atoms with E-state index in [1.165, 1.54) is 6.07 Å². The van der Waals surface area contributed by atoms with Crippen molar-refractivity contribution >= 4 is 33.6 Å². The van der Waals surface area contributed by atoms with Crippen LogP contribution in [0.25, 0.3) is 5.57 Å². The SMILES string of the molecule is C/C(Nc1cccc(C(F)(F)F)c1)=C(/CNC=O)c1ccccc1Br. The molecular formula is C18H16BrF3N2O. The number of anilines is 1. The molecule has 2 rings (SSSR count). The molecule has 0 atom stereocenters. The summed E-state index contributed by atoms with van der Waals surface area (Å²) >= 11 is 3.45. The van der Waals surface area contributed by atoms with E-state index in [9.17, 15) is 18.0 Å². The Balaban J connectivity index is 2.39. The van der Waals surface area contributed by atoms with Gasteiger partial charge in [-0.15, -0.1) is 0 Å². The Morgan fingerprint density at radius 3 is 2.52 bits per heavy atom. The van der Waals surface area contributed by atoms with Crippen LogP contribution in [0.2, 0.25) is 0 Å². The molecule has 0 spiro atoms. The van der Waals surface area contributed by atoms with Gasteiger partial charge in [-0.3, -0.25) is 4.79 Å². The number of rotatable bonds is 6. The van der Waals surface area contributed by atoms with Crippen molar-refractivity contribution in [1.29, 1.82) is 0 Å². The number of hydrogen-bond donors (Lipinski definition) is 2. The highest BCUT2D eigenvalue weighted by Gasteiger charge is 2.30. The zero-order chi connectivity index (χ0) is 18.4. The lowest BCUT2D eigenvalue weighted by atomic mass is 10.0. The minimum Gasteiger partial charge on any atom is -0.359 e. The summed E-state index contributed by atoms with van der Waals surface area (Å²) in [6.45, 7) is 1.99. The Kier molecular flexibility index (Phi) is 6.25. The molecule has 3 nitrogen and oxygen atoms in total.